The van der Waals surface area contributed by atoms with Crippen LogP contribution in [0.2, 0.25) is 0 Å². The quantitative estimate of drug-likeness (QED) is 0.602. The molecule has 0 unspecified atom stereocenters. The van der Waals surface area contributed by atoms with Gasteiger partial charge in [0.25, 0.3) is 0 Å². The van der Waals surface area contributed by atoms with Gasteiger partial charge in [-0.3, -0.25) is 0 Å². The molecule has 0 rings (SSSR count). The van der Waals surface area contributed by atoms with E-state index in [-0.39, 0.29) is 11.4 Å². The van der Waals surface area contributed by atoms with Crippen LogP contribution in [0, 0.1) is 5.41 Å². The molecule has 0 aromatic carbocycles. The molecule has 14 heavy (non-hydrogen) atoms. The number of nitrogens with two attached hydrogens (primary N) is 1. The molecule has 0 aliphatic heterocycles. The first kappa shape index (κ1) is 13.2. The van der Waals surface area contributed by atoms with Crippen LogP contribution in [0.1, 0.15) is 27.2 Å². The van der Waals surface area contributed by atoms with Crippen LogP contribution >= 0.6 is 12.2 Å². The largest absolute Gasteiger partial charge is 0.393 e. The fraction of sp³-hybridized carbons (Fsp3) is 0.778. The molecule has 0 atom stereocenters. The van der Waals surface area contributed by atoms with Gasteiger partial charge >= 0.3 is 6.03 Å². The van der Waals surface area contributed by atoms with Crippen LogP contribution < -0.4 is 16.4 Å². The van der Waals surface area contributed by atoms with Crippen molar-refractivity contribution < 1.29 is 4.79 Å². The lowest BCUT2D eigenvalue weighted by molar-refractivity contribution is 0.238. The molecule has 82 valence electrons. The van der Waals surface area contributed by atoms with Crippen molar-refractivity contribution in [3.63, 3.8) is 0 Å². The minimum absolute atomic E-state index is 0.170. The minimum Gasteiger partial charge on any atom is -0.393 e. The number of amides is 2. The molecule has 4 N–H and O–H groups in total. The highest BCUT2D eigenvalue weighted by atomic mass is 32.1. The van der Waals surface area contributed by atoms with Crippen LogP contribution in [-0.4, -0.2) is 24.1 Å². The zero-order valence-corrected chi connectivity index (χ0v) is 9.83. The number of carbonyl (C=O) groups excluding carboxylic acids is 1. The summed E-state index contributed by atoms with van der Waals surface area (Å²) in [6.07, 6.45) is 0.923. The van der Waals surface area contributed by atoms with E-state index >= 15 is 0 Å². The molecule has 0 aliphatic rings. The number of rotatable bonds is 5. The van der Waals surface area contributed by atoms with Crippen molar-refractivity contribution in [2.45, 2.75) is 27.2 Å². The van der Waals surface area contributed by atoms with Crippen molar-refractivity contribution in [2.24, 2.45) is 11.1 Å². The van der Waals surface area contributed by atoms with Crippen LogP contribution in [0.15, 0.2) is 0 Å². The van der Waals surface area contributed by atoms with Gasteiger partial charge in [-0.1, -0.05) is 33.0 Å². The lowest BCUT2D eigenvalue weighted by Crippen LogP contribution is -2.45. The van der Waals surface area contributed by atoms with Crippen LogP contribution in [0.3, 0.4) is 0 Å². The lowest BCUT2D eigenvalue weighted by Gasteiger charge is -2.23. The van der Waals surface area contributed by atoms with Crippen molar-refractivity contribution >= 4 is 23.2 Å². The Morgan fingerprint density at radius 2 is 2.00 bits per heavy atom. The summed E-state index contributed by atoms with van der Waals surface area (Å²) in [5.74, 6) is 0. The predicted octanol–water partition coefficient (Wildman–Crippen LogP) is 1.01. The van der Waals surface area contributed by atoms with Gasteiger partial charge in [0.1, 0.15) is 0 Å². The molecule has 0 aromatic heterocycles. The first-order valence-electron chi connectivity index (χ1n) is 4.71. The van der Waals surface area contributed by atoms with Crippen LogP contribution in [0.4, 0.5) is 4.79 Å². The molecule has 2 amide bonds. The number of hydrogen-bond acceptors (Lipinski definition) is 2. The van der Waals surface area contributed by atoms with E-state index in [2.05, 4.69) is 10.6 Å². The molecule has 0 aliphatic carbocycles. The standard InChI is InChI=1S/C9H19N3OS/c1-4-5-11-8(13)12-6-9(2,3)7(10)14/h4-6H2,1-3H3,(H2,10,14)(H2,11,12,13). The second-order valence-electron chi connectivity index (χ2n) is 3.86. The first-order chi connectivity index (χ1) is 6.40. The summed E-state index contributed by atoms with van der Waals surface area (Å²) in [6, 6.07) is -0.170. The van der Waals surface area contributed by atoms with E-state index in [4.69, 9.17) is 18.0 Å². The molecule has 0 aromatic rings. The highest BCUT2D eigenvalue weighted by molar-refractivity contribution is 7.80. The Bertz CT molecular complexity index is 216. The molecule has 0 radical (unpaired) electrons. The van der Waals surface area contributed by atoms with Gasteiger partial charge in [-0.05, 0) is 6.42 Å². The molecule has 0 heterocycles. The Kier molecular flexibility index (Phi) is 5.45. The van der Waals surface area contributed by atoms with Crippen LogP contribution in [0.25, 0.3) is 0 Å². The maximum Gasteiger partial charge on any atom is 0.314 e. The predicted molar refractivity (Wildman–Crippen MR) is 62.3 cm³/mol. The summed E-state index contributed by atoms with van der Waals surface area (Å²) in [7, 11) is 0. The molecule has 5 heteroatoms. The number of nitrogens with one attached hydrogen (secondary N) is 2. The fourth-order valence-corrected chi connectivity index (χ4v) is 0.762. The molecule has 4 nitrogen and oxygen atoms in total. The smallest absolute Gasteiger partial charge is 0.314 e. The van der Waals surface area contributed by atoms with E-state index < -0.39 is 0 Å². The Morgan fingerprint density at radius 1 is 1.43 bits per heavy atom. The van der Waals surface area contributed by atoms with Crippen molar-refractivity contribution in [3.8, 4) is 0 Å². The van der Waals surface area contributed by atoms with Gasteiger partial charge in [0.05, 0.1) is 4.99 Å². The van der Waals surface area contributed by atoms with E-state index in [1.807, 2.05) is 20.8 Å². The van der Waals surface area contributed by atoms with E-state index in [1.54, 1.807) is 0 Å². The van der Waals surface area contributed by atoms with Gasteiger partial charge in [-0.15, -0.1) is 0 Å². The number of hydrogen-bond donors (Lipinski definition) is 3. The monoisotopic (exact) mass is 217 g/mol. The van der Waals surface area contributed by atoms with E-state index in [9.17, 15) is 4.79 Å². The van der Waals surface area contributed by atoms with Gasteiger partial charge in [0, 0.05) is 18.5 Å². The van der Waals surface area contributed by atoms with Crippen molar-refractivity contribution in [3.05, 3.63) is 0 Å². The maximum absolute atomic E-state index is 11.2. The number of thiocarbonyl (C=S) groups is 1. The third kappa shape index (κ3) is 5.01. The third-order valence-electron chi connectivity index (χ3n) is 1.89. The number of urea groups is 1. The Morgan fingerprint density at radius 3 is 2.43 bits per heavy atom. The van der Waals surface area contributed by atoms with Gasteiger partial charge in [-0.25, -0.2) is 4.79 Å². The minimum atomic E-state index is -0.334. The molecule has 0 saturated heterocycles. The molecular formula is C9H19N3OS. The highest BCUT2D eigenvalue weighted by Crippen LogP contribution is 2.12. The lowest BCUT2D eigenvalue weighted by atomic mass is 9.94. The molecule has 0 spiro atoms. The Balaban J connectivity index is 3.82. The zero-order valence-electron chi connectivity index (χ0n) is 9.02. The Hall–Kier alpha value is -0.840. The summed E-state index contributed by atoms with van der Waals surface area (Å²) in [6.45, 7) is 6.93. The van der Waals surface area contributed by atoms with E-state index in [1.165, 1.54) is 0 Å². The molecule has 0 bridgehead atoms. The van der Waals surface area contributed by atoms with E-state index in [0.29, 0.717) is 18.1 Å². The summed E-state index contributed by atoms with van der Waals surface area (Å²) in [4.78, 5) is 11.6. The van der Waals surface area contributed by atoms with Crippen LogP contribution in [0.5, 0.6) is 0 Å². The first-order valence-corrected chi connectivity index (χ1v) is 5.12. The zero-order chi connectivity index (χ0) is 11.2. The third-order valence-corrected chi connectivity index (χ3v) is 2.45. The fourth-order valence-electron chi connectivity index (χ4n) is 0.689. The highest BCUT2D eigenvalue weighted by Gasteiger charge is 2.21. The average Bonchev–Trinajstić information content (AvgIpc) is 2.11. The Labute approximate surface area is 90.6 Å². The van der Waals surface area contributed by atoms with Gasteiger partial charge in [-0.2, -0.15) is 0 Å². The summed E-state index contributed by atoms with van der Waals surface area (Å²) in [5, 5.41) is 5.43. The van der Waals surface area contributed by atoms with Crippen molar-refractivity contribution in [2.75, 3.05) is 13.1 Å². The van der Waals surface area contributed by atoms with Crippen molar-refractivity contribution in [1.29, 1.82) is 0 Å². The second kappa shape index (κ2) is 5.80. The summed E-state index contributed by atoms with van der Waals surface area (Å²) >= 11 is 4.88. The van der Waals surface area contributed by atoms with E-state index in [0.717, 1.165) is 6.42 Å². The second-order valence-corrected chi connectivity index (χ2v) is 4.30. The van der Waals surface area contributed by atoms with Gasteiger partial charge in [0.2, 0.25) is 0 Å². The number of carbonyl (C=O) groups is 1. The van der Waals surface area contributed by atoms with Crippen molar-refractivity contribution in [1.82, 2.24) is 10.6 Å². The summed E-state index contributed by atoms with van der Waals surface area (Å²) in [5.41, 5.74) is 5.18. The molecular weight excluding hydrogens is 198 g/mol. The molecule has 0 saturated carbocycles. The normalized spacial score (nSPS) is 10.8. The topological polar surface area (TPSA) is 67.2 Å². The average molecular weight is 217 g/mol. The van der Waals surface area contributed by atoms with Crippen LogP contribution in [-0.2, 0) is 0 Å². The maximum atomic E-state index is 11.2. The SMILES string of the molecule is CCCNC(=O)NCC(C)(C)C(N)=S. The van der Waals surface area contributed by atoms with Gasteiger partial charge in [0.15, 0.2) is 0 Å². The van der Waals surface area contributed by atoms with Gasteiger partial charge < -0.3 is 16.4 Å². The summed E-state index contributed by atoms with van der Waals surface area (Å²) < 4.78 is 0. The molecule has 0 fully saturated rings.